The van der Waals surface area contributed by atoms with Crippen LogP contribution >= 0.6 is 0 Å². The lowest BCUT2D eigenvalue weighted by molar-refractivity contribution is -0.133. The standard InChI is InChI=1S/C13H27N3O/c1-11(2)16(4)12(17)9-15(3)13(10-14)7-5-6-8-13/h11H,5-10,14H2,1-4H3. The molecule has 0 heterocycles. The largest absolute Gasteiger partial charge is 0.342 e. The molecule has 0 atom stereocenters. The lowest BCUT2D eigenvalue weighted by Gasteiger charge is -2.38. The molecule has 4 heteroatoms. The zero-order valence-corrected chi connectivity index (χ0v) is 11.7. The van der Waals surface area contributed by atoms with E-state index in [-0.39, 0.29) is 17.5 Å². The topological polar surface area (TPSA) is 49.6 Å². The summed E-state index contributed by atoms with van der Waals surface area (Å²) in [7, 11) is 3.90. The Bertz CT molecular complexity index is 259. The Labute approximate surface area is 105 Å². The zero-order chi connectivity index (χ0) is 13.1. The summed E-state index contributed by atoms with van der Waals surface area (Å²) in [6.45, 7) is 5.20. The van der Waals surface area contributed by atoms with E-state index in [2.05, 4.69) is 4.90 Å². The fraction of sp³-hybridized carbons (Fsp3) is 0.923. The minimum absolute atomic E-state index is 0.0630. The van der Waals surface area contributed by atoms with E-state index in [1.165, 1.54) is 12.8 Å². The van der Waals surface area contributed by atoms with Crippen LogP contribution in [-0.4, -0.2) is 54.5 Å². The van der Waals surface area contributed by atoms with Gasteiger partial charge in [-0.15, -0.1) is 0 Å². The van der Waals surface area contributed by atoms with E-state index in [0.29, 0.717) is 13.1 Å². The first kappa shape index (κ1) is 14.5. The van der Waals surface area contributed by atoms with Crippen molar-refractivity contribution in [1.82, 2.24) is 9.80 Å². The van der Waals surface area contributed by atoms with Crippen molar-refractivity contribution in [1.29, 1.82) is 0 Å². The maximum atomic E-state index is 12.1. The highest BCUT2D eigenvalue weighted by Gasteiger charge is 2.37. The molecule has 0 aliphatic heterocycles. The van der Waals surface area contributed by atoms with Gasteiger partial charge in [0.25, 0.3) is 0 Å². The van der Waals surface area contributed by atoms with Gasteiger partial charge in [-0.25, -0.2) is 0 Å². The zero-order valence-electron chi connectivity index (χ0n) is 11.7. The van der Waals surface area contributed by atoms with E-state index in [4.69, 9.17) is 5.73 Å². The number of carbonyl (C=O) groups is 1. The van der Waals surface area contributed by atoms with Crippen LogP contribution in [0.4, 0.5) is 0 Å². The number of nitrogens with zero attached hydrogens (tertiary/aromatic N) is 2. The average Bonchev–Trinajstić information content (AvgIpc) is 2.77. The van der Waals surface area contributed by atoms with E-state index >= 15 is 0 Å². The van der Waals surface area contributed by atoms with E-state index in [1.807, 2.05) is 27.9 Å². The summed E-state index contributed by atoms with van der Waals surface area (Å²) in [6, 6.07) is 0.258. The smallest absolute Gasteiger partial charge is 0.236 e. The molecule has 0 saturated heterocycles. The Balaban J connectivity index is 2.58. The van der Waals surface area contributed by atoms with Crippen LogP contribution in [0.3, 0.4) is 0 Å². The summed E-state index contributed by atoms with van der Waals surface area (Å²) in [5.41, 5.74) is 5.98. The highest BCUT2D eigenvalue weighted by Crippen LogP contribution is 2.33. The Hall–Kier alpha value is -0.610. The Kier molecular flexibility index (Phi) is 4.95. The van der Waals surface area contributed by atoms with Crippen molar-refractivity contribution < 1.29 is 4.79 Å². The fourth-order valence-electron chi connectivity index (χ4n) is 2.54. The summed E-state index contributed by atoms with van der Waals surface area (Å²) >= 11 is 0. The van der Waals surface area contributed by atoms with Crippen molar-refractivity contribution in [2.24, 2.45) is 5.73 Å². The Morgan fingerprint density at radius 1 is 1.29 bits per heavy atom. The molecule has 0 aromatic carbocycles. The average molecular weight is 241 g/mol. The van der Waals surface area contributed by atoms with Crippen molar-refractivity contribution in [3.8, 4) is 0 Å². The van der Waals surface area contributed by atoms with Crippen molar-refractivity contribution >= 4 is 5.91 Å². The highest BCUT2D eigenvalue weighted by molar-refractivity contribution is 5.78. The monoisotopic (exact) mass is 241 g/mol. The molecule has 100 valence electrons. The summed E-state index contributed by atoms with van der Waals surface area (Å²) in [5, 5.41) is 0. The van der Waals surface area contributed by atoms with Crippen LogP contribution in [-0.2, 0) is 4.79 Å². The number of carbonyl (C=O) groups excluding carboxylic acids is 1. The van der Waals surface area contributed by atoms with Gasteiger partial charge in [-0.1, -0.05) is 12.8 Å². The number of likely N-dealkylation sites (N-methyl/N-ethyl adjacent to an activating group) is 2. The molecule has 0 bridgehead atoms. The molecule has 1 saturated carbocycles. The van der Waals surface area contributed by atoms with E-state index in [1.54, 1.807) is 4.90 Å². The number of rotatable bonds is 5. The van der Waals surface area contributed by atoms with E-state index in [0.717, 1.165) is 12.8 Å². The first-order valence-corrected chi connectivity index (χ1v) is 6.60. The van der Waals surface area contributed by atoms with Gasteiger partial charge in [-0.2, -0.15) is 0 Å². The summed E-state index contributed by atoms with van der Waals surface area (Å²) in [5.74, 6) is 0.183. The molecule has 0 aromatic heterocycles. The second kappa shape index (κ2) is 5.83. The predicted octanol–water partition coefficient (Wildman–Crippen LogP) is 1.06. The molecular weight excluding hydrogens is 214 g/mol. The van der Waals surface area contributed by atoms with Gasteiger partial charge < -0.3 is 10.6 Å². The van der Waals surface area contributed by atoms with Crippen LogP contribution in [0.2, 0.25) is 0 Å². The maximum Gasteiger partial charge on any atom is 0.236 e. The molecule has 1 aliphatic rings. The van der Waals surface area contributed by atoms with Crippen LogP contribution < -0.4 is 5.73 Å². The molecule has 1 fully saturated rings. The maximum absolute atomic E-state index is 12.1. The van der Waals surface area contributed by atoms with Gasteiger partial charge in [0.2, 0.25) is 5.91 Å². The highest BCUT2D eigenvalue weighted by atomic mass is 16.2. The van der Waals surface area contributed by atoms with Gasteiger partial charge in [0, 0.05) is 25.2 Å². The second-order valence-corrected chi connectivity index (χ2v) is 5.59. The third-order valence-corrected chi connectivity index (χ3v) is 4.26. The molecule has 0 spiro atoms. The van der Waals surface area contributed by atoms with Crippen molar-refractivity contribution in [2.75, 3.05) is 27.2 Å². The molecule has 0 radical (unpaired) electrons. The minimum Gasteiger partial charge on any atom is -0.342 e. The van der Waals surface area contributed by atoms with E-state index < -0.39 is 0 Å². The normalized spacial score (nSPS) is 19.0. The van der Waals surface area contributed by atoms with Crippen LogP contribution in [0.25, 0.3) is 0 Å². The number of hydrogen-bond acceptors (Lipinski definition) is 3. The first-order valence-electron chi connectivity index (χ1n) is 6.60. The molecule has 2 N–H and O–H groups in total. The van der Waals surface area contributed by atoms with Gasteiger partial charge in [-0.05, 0) is 33.7 Å². The lowest BCUT2D eigenvalue weighted by Crippen LogP contribution is -2.53. The van der Waals surface area contributed by atoms with E-state index in [9.17, 15) is 4.79 Å². The van der Waals surface area contributed by atoms with Crippen molar-refractivity contribution in [2.45, 2.75) is 51.1 Å². The quantitative estimate of drug-likeness (QED) is 0.783. The lowest BCUT2D eigenvalue weighted by atomic mass is 9.96. The van der Waals surface area contributed by atoms with Gasteiger partial charge in [0.1, 0.15) is 0 Å². The summed E-state index contributed by atoms with van der Waals surface area (Å²) in [4.78, 5) is 16.0. The molecular formula is C13H27N3O. The Morgan fingerprint density at radius 3 is 2.24 bits per heavy atom. The summed E-state index contributed by atoms with van der Waals surface area (Å²) < 4.78 is 0. The third kappa shape index (κ3) is 3.19. The summed E-state index contributed by atoms with van der Waals surface area (Å²) in [6.07, 6.45) is 4.71. The van der Waals surface area contributed by atoms with Crippen LogP contribution in [0.1, 0.15) is 39.5 Å². The fourth-order valence-corrected chi connectivity index (χ4v) is 2.54. The minimum atomic E-state index is 0.0630. The third-order valence-electron chi connectivity index (χ3n) is 4.26. The second-order valence-electron chi connectivity index (χ2n) is 5.59. The number of hydrogen-bond donors (Lipinski definition) is 1. The van der Waals surface area contributed by atoms with Crippen molar-refractivity contribution in [3.63, 3.8) is 0 Å². The predicted molar refractivity (Wildman–Crippen MR) is 70.8 cm³/mol. The number of amides is 1. The van der Waals surface area contributed by atoms with Crippen LogP contribution in [0.5, 0.6) is 0 Å². The van der Waals surface area contributed by atoms with Gasteiger partial charge in [0.15, 0.2) is 0 Å². The van der Waals surface area contributed by atoms with Gasteiger partial charge in [0.05, 0.1) is 6.54 Å². The molecule has 17 heavy (non-hydrogen) atoms. The van der Waals surface area contributed by atoms with Gasteiger partial charge in [-0.3, -0.25) is 9.69 Å². The first-order chi connectivity index (χ1) is 7.93. The molecule has 1 aliphatic carbocycles. The number of nitrogens with two attached hydrogens (primary N) is 1. The molecule has 0 unspecified atom stereocenters. The SMILES string of the molecule is CC(C)N(C)C(=O)CN(C)C1(CN)CCCC1. The molecule has 0 aromatic rings. The Morgan fingerprint density at radius 2 is 1.82 bits per heavy atom. The molecule has 1 rings (SSSR count). The van der Waals surface area contributed by atoms with Crippen LogP contribution in [0, 0.1) is 0 Å². The molecule has 4 nitrogen and oxygen atoms in total. The van der Waals surface area contributed by atoms with Gasteiger partial charge >= 0.3 is 0 Å². The van der Waals surface area contributed by atoms with Crippen LogP contribution in [0.15, 0.2) is 0 Å². The van der Waals surface area contributed by atoms with Crippen molar-refractivity contribution in [3.05, 3.63) is 0 Å². The molecule has 1 amide bonds.